The number of amides is 1. The third-order valence-electron chi connectivity index (χ3n) is 6.67. The van der Waals surface area contributed by atoms with Crippen LogP contribution in [-0.2, 0) is 34.2 Å². The first-order valence-corrected chi connectivity index (χ1v) is 12.1. The van der Waals surface area contributed by atoms with Gasteiger partial charge in [0.15, 0.2) is 11.0 Å². The van der Waals surface area contributed by atoms with Gasteiger partial charge in [0.25, 0.3) is 5.91 Å². The molecule has 0 aliphatic carbocycles. The van der Waals surface area contributed by atoms with E-state index in [0.717, 1.165) is 0 Å². The van der Waals surface area contributed by atoms with Crippen molar-refractivity contribution in [3.63, 3.8) is 0 Å². The zero-order valence-corrected chi connectivity index (χ0v) is 21.2. The zero-order valence-electron chi connectivity index (χ0n) is 19.6. The summed E-state index contributed by atoms with van der Waals surface area (Å²) in [5.74, 6) is -3.16. The van der Waals surface area contributed by atoms with Crippen LogP contribution >= 0.6 is 15.9 Å². The number of benzene rings is 2. The number of likely N-dealkylation sites (N-methyl/N-ethyl adjacent to an activating group) is 1. The lowest BCUT2D eigenvalue weighted by molar-refractivity contribution is -0.157. The topological polar surface area (TPSA) is 106 Å². The fourth-order valence-corrected chi connectivity index (χ4v) is 5.66. The molecule has 2 heterocycles. The molecule has 182 valence electrons. The number of esters is 2. The van der Waals surface area contributed by atoms with Crippen molar-refractivity contribution in [1.82, 2.24) is 0 Å². The third-order valence-corrected chi connectivity index (χ3v) is 7.16. The van der Waals surface area contributed by atoms with Gasteiger partial charge in [0.05, 0.1) is 31.4 Å². The number of rotatable bonds is 6. The van der Waals surface area contributed by atoms with Crippen LogP contribution < -0.4 is 4.90 Å². The lowest BCUT2D eigenvalue weighted by Gasteiger charge is -2.33. The average Bonchev–Trinajstić information content (AvgIpc) is 3.25. The van der Waals surface area contributed by atoms with E-state index in [2.05, 4.69) is 22.0 Å². The van der Waals surface area contributed by atoms with E-state index in [1.54, 1.807) is 69.4 Å². The molecule has 2 aliphatic heterocycles. The normalized spacial score (nSPS) is 26.9. The van der Waals surface area contributed by atoms with Gasteiger partial charge >= 0.3 is 11.9 Å². The Morgan fingerprint density at radius 3 is 2.51 bits per heavy atom. The number of carbonyl (C=O) groups is 3. The average molecular weight is 541 g/mol. The van der Waals surface area contributed by atoms with Crippen molar-refractivity contribution in [2.24, 2.45) is 11.3 Å². The molecule has 35 heavy (non-hydrogen) atoms. The number of nitriles is 1. The van der Waals surface area contributed by atoms with Gasteiger partial charge in [-0.25, -0.2) is 0 Å². The van der Waals surface area contributed by atoms with Crippen LogP contribution in [0.25, 0.3) is 0 Å². The Morgan fingerprint density at radius 1 is 1.14 bits per heavy atom. The number of nitrogens with zero attached hydrogens (tertiary/aromatic N) is 2. The van der Waals surface area contributed by atoms with Gasteiger partial charge in [-0.05, 0) is 37.6 Å². The summed E-state index contributed by atoms with van der Waals surface area (Å²) in [6, 6.07) is 16.2. The lowest BCUT2D eigenvalue weighted by atomic mass is 9.64. The number of para-hydroxylation sites is 1. The summed E-state index contributed by atoms with van der Waals surface area (Å²) in [4.78, 5) is 41.9. The molecule has 2 aliphatic rings. The molecule has 1 amide bonds. The quantitative estimate of drug-likeness (QED) is 0.509. The van der Waals surface area contributed by atoms with Crippen LogP contribution in [0.3, 0.4) is 0 Å². The van der Waals surface area contributed by atoms with Gasteiger partial charge in [-0.2, -0.15) is 5.26 Å². The third kappa shape index (κ3) is 3.63. The number of anilines is 1. The van der Waals surface area contributed by atoms with Crippen LogP contribution in [0.5, 0.6) is 0 Å². The number of halogens is 1. The molecule has 2 aromatic carbocycles. The van der Waals surface area contributed by atoms with Crippen LogP contribution in [0, 0.1) is 22.7 Å². The summed E-state index contributed by atoms with van der Waals surface area (Å²) < 4.78 is 17.9. The fraction of sp³-hybridized carbons (Fsp3) is 0.385. The van der Waals surface area contributed by atoms with Crippen molar-refractivity contribution < 1.29 is 28.6 Å². The molecule has 1 fully saturated rings. The summed E-state index contributed by atoms with van der Waals surface area (Å²) in [5.41, 5.74) is -2.20. The summed E-state index contributed by atoms with van der Waals surface area (Å²) >= 11 is 3.43. The largest absolute Gasteiger partial charge is 0.466 e. The van der Waals surface area contributed by atoms with Gasteiger partial charge in [0.1, 0.15) is 6.10 Å². The standard InChI is InChI=1S/C26H25BrN2O6/c1-4-33-21(30)14-20-25(15-28,24(32)34-5-2)22(16-9-8-10-17(27)13-16)35-26(20)18-11-6-7-12-19(18)29(3)23(26)31/h6-13,20,22H,4-5,14H2,1-3H3/t20-,22+,25-,26-/m0/s1. The number of ether oxygens (including phenoxy) is 3. The predicted molar refractivity (Wildman–Crippen MR) is 129 cm³/mol. The Balaban J connectivity index is 2.04. The van der Waals surface area contributed by atoms with Gasteiger partial charge in [-0.1, -0.05) is 46.3 Å². The van der Waals surface area contributed by atoms with Crippen LogP contribution in [0.15, 0.2) is 53.0 Å². The van der Waals surface area contributed by atoms with E-state index in [1.807, 2.05) is 0 Å². The van der Waals surface area contributed by atoms with Crippen LogP contribution in [-0.4, -0.2) is 38.1 Å². The predicted octanol–water partition coefficient (Wildman–Crippen LogP) is 4.03. The van der Waals surface area contributed by atoms with Crippen molar-refractivity contribution in [3.05, 3.63) is 64.1 Å². The molecule has 0 saturated carbocycles. The number of hydrogen-bond acceptors (Lipinski definition) is 7. The number of carbonyl (C=O) groups excluding carboxylic acids is 3. The van der Waals surface area contributed by atoms with Crippen molar-refractivity contribution in [2.45, 2.75) is 32.0 Å². The second-order valence-electron chi connectivity index (χ2n) is 8.43. The molecule has 1 spiro atoms. The minimum absolute atomic E-state index is 0.0109. The first-order valence-electron chi connectivity index (χ1n) is 11.3. The van der Waals surface area contributed by atoms with Crippen molar-refractivity contribution in [1.29, 1.82) is 5.26 Å². The van der Waals surface area contributed by atoms with Crippen LogP contribution in [0.1, 0.15) is 37.5 Å². The summed E-state index contributed by atoms with van der Waals surface area (Å²) in [6.07, 6.45) is -1.58. The molecule has 0 aromatic heterocycles. The molecule has 2 aromatic rings. The Kier molecular flexibility index (Phi) is 6.71. The summed E-state index contributed by atoms with van der Waals surface area (Å²) in [7, 11) is 1.60. The molecule has 0 radical (unpaired) electrons. The van der Waals surface area contributed by atoms with Gasteiger partial charge < -0.3 is 19.1 Å². The highest BCUT2D eigenvalue weighted by Gasteiger charge is 2.75. The lowest BCUT2D eigenvalue weighted by Crippen LogP contribution is -2.49. The van der Waals surface area contributed by atoms with Crippen molar-refractivity contribution >= 4 is 39.5 Å². The monoisotopic (exact) mass is 540 g/mol. The Morgan fingerprint density at radius 2 is 1.86 bits per heavy atom. The van der Waals surface area contributed by atoms with E-state index >= 15 is 0 Å². The van der Waals surface area contributed by atoms with Gasteiger partial charge in [-0.15, -0.1) is 0 Å². The van der Waals surface area contributed by atoms with E-state index in [4.69, 9.17) is 14.2 Å². The highest BCUT2D eigenvalue weighted by Crippen LogP contribution is 2.65. The molecular weight excluding hydrogens is 516 g/mol. The maximum absolute atomic E-state index is 13.9. The first kappa shape index (κ1) is 24.9. The Bertz CT molecular complexity index is 1230. The zero-order chi connectivity index (χ0) is 25.4. The van der Waals surface area contributed by atoms with Gasteiger partial charge in [0, 0.05) is 23.0 Å². The maximum atomic E-state index is 13.9. The molecule has 0 bridgehead atoms. The Labute approximate surface area is 211 Å². The van der Waals surface area contributed by atoms with Crippen LogP contribution in [0.4, 0.5) is 5.69 Å². The maximum Gasteiger partial charge on any atom is 0.330 e. The fourth-order valence-electron chi connectivity index (χ4n) is 5.24. The van der Waals surface area contributed by atoms with E-state index in [0.29, 0.717) is 21.3 Å². The molecule has 4 rings (SSSR count). The Hall–Kier alpha value is -3.22. The second kappa shape index (κ2) is 9.44. The first-order chi connectivity index (χ1) is 16.8. The smallest absolute Gasteiger partial charge is 0.330 e. The number of fused-ring (bicyclic) bond motifs is 2. The van der Waals surface area contributed by atoms with Crippen LogP contribution in [0.2, 0.25) is 0 Å². The van der Waals surface area contributed by atoms with Crippen molar-refractivity contribution in [3.8, 4) is 6.07 Å². The van der Waals surface area contributed by atoms with Crippen molar-refractivity contribution in [2.75, 3.05) is 25.2 Å². The second-order valence-corrected chi connectivity index (χ2v) is 9.35. The summed E-state index contributed by atoms with van der Waals surface area (Å²) in [6.45, 7) is 3.41. The number of hydrogen-bond donors (Lipinski definition) is 0. The molecule has 0 unspecified atom stereocenters. The molecule has 0 N–H and O–H groups in total. The molecule has 1 saturated heterocycles. The molecular formula is C26H25BrN2O6. The minimum atomic E-state index is -2.00. The summed E-state index contributed by atoms with van der Waals surface area (Å²) in [5, 5.41) is 10.7. The highest BCUT2D eigenvalue weighted by atomic mass is 79.9. The SMILES string of the molecule is CCOC(=O)C[C@H]1[C@](C#N)(C(=O)OCC)[C@@H](c2cccc(Br)c2)O[C@]12C(=O)N(C)c1ccccc12. The van der Waals surface area contributed by atoms with Gasteiger partial charge in [-0.3, -0.25) is 14.4 Å². The molecule has 8 nitrogen and oxygen atoms in total. The van der Waals surface area contributed by atoms with Gasteiger partial charge in [0.2, 0.25) is 0 Å². The van der Waals surface area contributed by atoms with E-state index in [9.17, 15) is 19.6 Å². The minimum Gasteiger partial charge on any atom is -0.466 e. The van der Waals surface area contributed by atoms with E-state index in [1.165, 1.54) is 4.90 Å². The highest BCUT2D eigenvalue weighted by molar-refractivity contribution is 9.10. The molecule has 4 atom stereocenters. The van der Waals surface area contributed by atoms with E-state index in [-0.39, 0.29) is 13.2 Å². The molecule has 9 heteroatoms. The van der Waals surface area contributed by atoms with E-state index < -0.39 is 47.3 Å².